The first kappa shape index (κ1) is 22.2. The largest absolute Gasteiger partial charge is 0.320 e. The molecular formula is C18H24Cl2N4O2. The number of rotatable bonds is 3. The van der Waals surface area contributed by atoms with E-state index in [4.69, 9.17) is 0 Å². The normalized spacial score (nSPS) is 14.1. The molecule has 8 heteroatoms. The van der Waals surface area contributed by atoms with Crippen molar-refractivity contribution in [2.24, 2.45) is 0 Å². The Labute approximate surface area is 165 Å². The third kappa shape index (κ3) is 4.63. The molecule has 0 unspecified atom stereocenters. The second-order valence-electron chi connectivity index (χ2n) is 6.21. The first-order chi connectivity index (χ1) is 11.6. The van der Waals surface area contributed by atoms with E-state index in [0.717, 1.165) is 31.5 Å². The van der Waals surface area contributed by atoms with Crippen LogP contribution in [0.25, 0.3) is 0 Å². The average Bonchev–Trinajstić information content (AvgIpc) is 2.58. The van der Waals surface area contributed by atoms with Crippen LogP contribution < -0.4 is 16.2 Å². The van der Waals surface area contributed by atoms with E-state index in [0.29, 0.717) is 11.3 Å². The van der Waals surface area contributed by atoms with Gasteiger partial charge in [-0.15, -0.1) is 24.8 Å². The number of halogens is 2. The quantitative estimate of drug-likeness (QED) is 0.832. The lowest BCUT2D eigenvalue weighted by Crippen LogP contribution is -2.37. The Kier molecular flexibility index (Phi) is 8.27. The van der Waals surface area contributed by atoms with Crippen LogP contribution in [-0.2, 0) is 0 Å². The van der Waals surface area contributed by atoms with Crippen molar-refractivity contribution in [3.05, 3.63) is 57.8 Å². The molecule has 1 aliphatic rings. The smallest absolute Gasteiger partial charge is 0.263 e. The lowest BCUT2D eigenvalue weighted by atomic mass is 10.0. The third-order valence-corrected chi connectivity index (χ3v) is 4.54. The summed E-state index contributed by atoms with van der Waals surface area (Å²) < 4.78 is 1.71. The molecule has 0 radical (unpaired) electrons. The number of nitrogens with one attached hydrogen (secondary N) is 2. The third-order valence-electron chi connectivity index (χ3n) is 4.54. The van der Waals surface area contributed by atoms with Crippen molar-refractivity contribution in [1.29, 1.82) is 0 Å². The Morgan fingerprint density at radius 1 is 1.19 bits per heavy atom. The van der Waals surface area contributed by atoms with Crippen LogP contribution in [0.2, 0.25) is 0 Å². The lowest BCUT2D eigenvalue weighted by molar-refractivity contribution is 0.102. The Hall–Kier alpha value is -1.89. The Morgan fingerprint density at radius 2 is 1.88 bits per heavy atom. The molecule has 0 bridgehead atoms. The number of hydrogen-bond donors (Lipinski definition) is 2. The molecule has 3 heterocycles. The van der Waals surface area contributed by atoms with Gasteiger partial charge in [0.05, 0.1) is 11.9 Å². The van der Waals surface area contributed by atoms with Crippen LogP contribution in [0, 0.1) is 13.8 Å². The maximum Gasteiger partial charge on any atom is 0.263 e. The lowest BCUT2D eigenvalue weighted by Gasteiger charge is -2.25. The van der Waals surface area contributed by atoms with E-state index in [-0.39, 0.29) is 47.9 Å². The second kappa shape index (κ2) is 9.71. The number of carbonyl (C=O) groups excluding carboxylic acids is 1. The monoisotopic (exact) mass is 398 g/mol. The number of aryl methyl sites for hydroxylation is 2. The summed E-state index contributed by atoms with van der Waals surface area (Å²) in [6, 6.07) is 3.81. The summed E-state index contributed by atoms with van der Waals surface area (Å²) in [6.45, 7) is 5.46. The van der Waals surface area contributed by atoms with Crippen molar-refractivity contribution < 1.29 is 4.79 Å². The van der Waals surface area contributed by atoms with Crippen LogP contribution in [0.3, 0.4) is 0 Å². The highest BCUT2D eigenvalue weighted by molar-refractivity contribution is 6.05. The van der Waals surface area contributed by atoms with Gasteiger partial charge in [-0.05, 0) is 63.0 Å². The number of hydrogen-bond acceptors (Lipinski definition) is 4. The summed E-state index contributed by atoms with van der Waals surface area (Å²) in [5.74, 6) is -0.378. The van der Waals surface area contributed by atoms with E-state index in [1.54, 1.807) is 30.1 Å². The van der Waals surface area contributed by atoms with Gasteiger partial charge in [-0.25, -0.2) is 0 Å². The number of aromatic nitrogens is 2. The van der Waals surface area contributed by atoms with E-state index in [1.807, 2.05) is 19.1 Å². The molecule has 26 heavy (non-hydrogen) atoms. The standard InChI is InChI=1S/C18H22N4O2.2ClH/c1-12-3-7-20-11-15(12)21-17(23)16-13(2)6-10-22(18(16)24)14-4-8-19-9-5-14;;/h3,6-7,10-11,14,19H,4-5,8-9H2,1-2H3,(H,21,23);2*1H. The number of piperidine rings is 1. The Bertz CT molecular complexity index is 817. The van der Waals surface area contributed by atoms with Crippen molar-refractivity contribution in [2.75, 3.05) is 18.4 Å². The summed E-state index contributed by atoms with van der Waals surface area (Å²) in [7, 11) is 0. The minimum absolute atomic E-state index is 0. The molecule has 0 saturated carbocycles. The van der Waals surface area contributed by atoms with Crippen LogP contribution in [0.1, 0.15) is 40.4 Å². The Balaban J connectivity index is 0.00000169. The van der Waals surface area contributed by atoms with Gasteiger partial charge in [0, 0.05) is 18.4 Å². The maximum atomic E-state index is 12.9. The molecule has 1 fully saturated rings. The van der Waals surface area contributed by atoms with E-state index < -0.39 is 0 Å². The highest BCUT2D eigenvalue weighted by Crippen LogP contribution is 2.18. The molecule has 0 atom stereocenters. The Morgan fingerprint density at radius 3 is 2.54 bits per heavy atom. The summed E-state index contributed by atoms with van der Waals surface area (Å²) in [5, 5.41) is 6.10. The molecule has 0 spiro atoms. The van der Waals surface area contributed by atoms with Gasteiger partial charge >= 0.3 is 0 Å². The number of nitrogens with zero attached hydrogens (tertiary/aromatic N) is 2. The molecule has 1 aliphatic heterocycles. The summed E-state index contributed by atoms with van der Waals surface area (Å²) in [4.78, 5) is 29.6. The molecule has 0 aliphatic carbocycles. The first-order valence-electron chi connectivity index (χ1n) is 8.22. The molecule has 2 aromatic rings. The van der Waals surface area contributed by atoms with E-state index in [2.05, 4.69) is 15.6 Å². The molecule has 2 N–H and O–H groups in total. The van der Waals surface area contributed by atoms with Crippen LogP contribution in [0.4, 0.5) is 5.69 Å². The van der Waals surface area contributed by atoms with Crippen molar-refractivity contribution in [1.82, 2.24) is 14.9 Å². The van der Waals surface area contributed by atoms with E-state index in [1.165, 1.54) is 0 Å². The van der Waals surface area contributed by atoms with Gasteiger partial charge in [0.1, 0.15) is 5.56 Å². The fraction of sp³-hybridized carbons (Fsp3) is 0.389. The molecular weight excluding hydrogens is 375 g/mol. The van der Waals surface area contributed by atoms with Crippen LogP contribution in [0.15, 0.2) is 35.5 Å². The van der Waals surface area contributed by atoms with Crippen LogP contribution >= 0.6 is 24.8 Å². The van der Waals surface area contributed by atoms with Gasteiger partial charge in [-0.2, -0.15) is 0 Å². The zero-order valence-electron chi connectivity index (χ0n) is 14.8. The van der Waals surface area contributed by atoms with Gasteiger partial charge in [-0.3, -0.25) is 14.6 Å². The van der Waals surface area contributed by atoms with Crippen molar-refractivity contribution in [3.8, 4) is 0 Å². The molecule has 3 rings (SSSR count). The summed E-state index contributed by atoms with van der Waals surface area (Å²) >= 11 is 0. The highest BCUT2D eigenvalue weighted by atomic mass is 35.5. The first-order valence-corrected chi connectivity index (χ1v) is 8.22. The fourth-order valence-electron chi connectivity index (χ4n) is 3.07. The van der Waals surface area contributed by atoms with Crippen molar-refractivity contribution in [2.45, 2.75) is 32.7 Å². The number of amides is 1. The van der Waals surface area contributed by atoms with Gasteiger partial charge < -0.3 is 15.2 Å². The zero-order valence-corrected chi connectivity index (χ0v) is 16.5. The second-order valence-corrected chi connectivity index (χ2v) is 6.21. The number of pyridine rings is 2. The van der Waals surface area contributed by atoms with Gasteiger partial charge in [0.2, 0.25) is 0 Å². The predicted molar refractivity (Wildman–Crippen MR) is 108 cm³/mol. The molecule has 1 amide bonds. The molecule has 1 saturated heterocycles. The van der Waals surface area contributed by atoms with E-state index >= 15 is 0 Å². The minimum Gasteiger partial charge on any atom is -0.320 e. The predicted octanol–water partition coefficient (Wildman–Crippen LogP) is 2.88. The van der Waals surface area contributed by atoms with Gasteiger partial charge in [-0.1, -0.05) is 0 Å². The zero-order chi connectivity index (χ0) is 17.1. The van der Waals surface area contributed by atoms with E-state index in [9.17, 15) is 9.59 Å². The highest BCUT2D eigenvalue weighted by Gasteiger charge is 2.21. The van der Waals surface area contributed by atoms with Crippen molar-refractivity contribution in [3.63, 3.8) is 0 Å². The molecule has 0 aromatic carbocycles. The summed E-state index contributed by atoms with van der Waals surface area (Å²) in [5.41, 5.74) is 2.20. The molecule has 2 aromatic heterocycles. The summed E-state index contributed by atoms with van der Waals surface area (Å²) in [6.07, 6.45) is 6.86. The maximum absolute atomic E-state index is 12.9. The number of carbonyl (C=O) groups is 1. The average molecular weight is 399 g/mol. The SMILES string of the molecule is Cc1ccncc1NC(=O)c1c(C)ccn(C2CCNCC2)c1=O.Cl.Cl. The fourth-order valence-corrected chi connectivity index (χ4v) is 3.07. The number of anilines is 1. The van der Waals surface area contributed by atoms with Crippen LogP contribution in [0.5, 0.6) is 0 Å². The van der Waals surface area contributed by atoms with Crippen molar-refractivity contribution >= 4 is 36.4 Å². The van der Waals surface area contributed by atoms with Crippen LogP contribution in [-0.4, -0.2) is 28.5 Å². The molecule has 6 nitrogen and oxygen atoms in total. The topological polar surface area (TPSA) is 76.0 Å². The van der Waals surface area contributed by atoms with Gasteiger partial charge in [0.15, 0.2) is 0 Å². The van der Waals surface area contributed by atoms with Gasteiger partial charge in [0.25, 0.3) is 11.5 Å². The molecule has 142 valence electrons. The minimum atomic E-state index is -0.378.